The summed E-state index contributed by atoms with van der Waals surface area (Å²) in [4.78, 5) is 25.3. The lowest BCUT2D eigenvalue weighted by Crippen LogP contribution is -2.49. The highest BCUT2D eigenvalue weighted by Crippen LogP contribution is 2.42. The van der Waals surface area contributed by atoms with Crippen molar-refractivity contribution in [2.75, 3.05) is 22.1 Å². The number of nitrogens with two attached hydrogens (primary N) is 1. The van der Waals surface area contributed by atoms with Crippen LogP contribution in [0.2, 0.25) is 0 Å². The lowest BCUT2D eigenvalue weighted by molar-refractivity contribution is 0.0967. The van der Waals surface area contributed by atoms with Crippen molar-refractivity contribution in [1.82, 2.24) is 15.0 Å². The molecule has 0 spiro atoms. The van der Waals surface area contributed by atoms with Gasteiger partial charge in [0.15, 0.2) is 17.4 Å². The van der Waals surface area contributed by atoms with Crippen LogP contribution < -0.4 is 26.0 Å². The third-order valence-corrected chi connectivity index (χ3v) is 5.17. The Morgan fingerprint density at radius 3 is 2.59 bits per heavy atom. The predicted molar refractivity (Wildman–Crippen MR) is 125 cm³/mol. The van der Waals surface area contributed by atoms with Gasteiger partial charge in [0.1, 0.15) is 17.1 Å². The second-order valence-electron chi connectivity index (χ2n) is 8.83. The van der Waals surface area contributed by atoms with Crippen LogP contribution in [0.15, 0.2) is 36.7 Å². The largest absolute Gasteiger partial charge is 0.481 e. The van der Waals surface area contributed by atoms with Crippen LogP contribution >= 0.6 is 0 Å². The van der Waals surface area contributed by atoms with Crippen molar-refractivity contribution in [1.29, 1.82) is 0 Å². The Balaban J connectivity index is 1.68. The van der Waals surface area contributed by atoms with Crippen LogP contribution in [-0.2, 0) is 0 Å². The standard InChI is InChI=1S/C23H25F2N7O2/c1-12(2)32-11-23(3,4)34-20-15(24)7-13(8-17(20)32)19-16(25)10-28-22(31-19)30-18-6-5-14(9-27-18)29-21(26)33/h5-10,12H,11H2,1-4H3,(H3,26,29,33)(H,27,28,30,31). The smallest absolute Gasteiger partial charge is 0.316 e. The van der Waals surface area contributed by atoms with Crippen molar-refractivity contribution in [3.63, 3.8) is 0 Å². The average molecular weight is 469 g/mol. The molecule has 4 N–H and O–H groups in total. The van der Waals surface area contributed by atoms with Crippen molar-refractivity contribution in [3.8, 4) is 17.0 Å². The number of halogens is 2. The number of nitrogens with one attached hydrogen (secondary N) is 2. The van der Waals surface area contributed by atoms with Gasteiger partial charge in [0.2, 0.25) is 5.95 Å². The maximum Gasteiger partial charge on any atom is 0.316 e. The molecule has 3 heterocycles. The molecule has 4 rings (SSSR count). The number of benzene rings is 1. The van der Waals surface area contributed by atoms with E-state index in [1.165, 1.54) is 12.3 Å². The van der Waals surface area contributed by atoms with Crippen LogP contribution in [0.25, 0.3) is 11.3 Å². The Kier molecular flexibility index (Phi) is 5.94. The van der Waals surface area contributed by atoms with Crippen LogP contribution in [0, 0.1) is 11.6 Å². The number of anilines is 4. The Hall–Kier alpha value is -4.02. The lowest BCUT2D eigenvalue weighted by Gasteiger charge is -2.43. The Morgan fingerprint density at radius 1 is 1.18 bits per heavy atom. The minimum Gasteiger partial charge on any atom is -0.481 e. The molecule has 3 aromatic rings. The Morgan fingerprint density at radius 2 is 1.94 bits per heavy atom. The van der Waals surface area contributed by atoms with Gasteiger partial charge >= 0.3 is 6.03 Å². The van der Waals surface area contributed by atoms with E-state index in [1.807, 2.05) is 32.6 Å². The minimum atomic E-state index is -0.712. The van der Waals surface area contributed by atoms with Crippen LogP contribution in [0.4, 0.5) is 36.7 Å². The number of rotatable bonds is 5. The lowest BCUT2D eigenvalue weighted by atomic mass is 10.0. The molecule has 0 radical (unpaired) electrons. The van der Waals surface area contributed by atoms with E-state index < -0.39 is 23.3 Å². The number of ether oxygens (including phenoxy) is 1. The van der Waals surface area contributed by atoms with Crippen molar-refractivity contribution >= 4 is 29.2 Å². The summed E-state index contributed by atoms with van der Waals surface area (Å²) in [5.41, 5.74) is 5.63. The molecule has 9 nitrogen and oxygen atoms in total. The van der Waals surface area contributed by atoms with E-state index >= 15 is 4.39 Å². The van der Waals surface area contributed by atoms with Crippen molar-refractivity contribution in [2.45, 2.75) is 39.3 Å². The van der Waals surface area contributed by atoms with Crippen LogP contribution in [0.3, 0.4) is 0 Å². The maximum atomic E-state index is 15.1. The third kappa shape index (κ3) is 4.82. The van der Waals surface area contributed by atoms with E-state index in [0.29, 0.717) is 23.7 Å². The molecule has 0 fully saturated rings. The summed E-state index contributed by atoms with van der Waals surface area (Å²) in [6, 6.07) is 5.38. The number of nitrogens with zero attached hydrogens (tertiary/aromatic N) is 4. The van der Waals surface area contributed by atoms with E-state index in [0.717, 1.165) is 6.20 Å². The first kappa shape index (κ1) is 23.1. The average Bonchev–Trinajstić information content (AvgIpc) is 2.75. The second-order valence-corrected chi connectivity index (χ2v) is 8.83. The fourth-order valence-electron chi connectivity index (χ4n) is 3.72. The summed E-state index contributed by atoms with van der Waals surface area (Å²) in [6.07, 6.45) is 2.39. The van der Waals surface area contributed by atoms with Crippen molar-refractivity contribution < 1.29 is 18.3 Å². The topological polar surface area (TPSA) is 118 Å². The highest BCUT2D eigenvalue weighted by Gasteiger charge is 2.35. The maximum absolute atomic E-state index is 15.1. The molecule has 2 amide bonds. The Bertz CT molecular complexity index is 1230. The van der Waals surface area contributed by atoms with Gasteiger partial charge in [0, 0.05) is 11.6 Å². The molecule has 0 atom stereocenters. The van der Waals surface area contributed by atoms with E-state index in [1.54, 1.807) is 18.2 Å². The highest BCUT2D eigenvalue weighted by molar-refractivity contribution is 5.87. The molecule has 0 aliphatic carbocycles. The fourth-order valence-corrected chi connectivity index (χ4v) is 3.72. The van der Waals surface area contributed by atoms with Crippen molar-refractivity contribution in [2.24, 2.45) is 5.73 Å². The predicted octanol–water partition coefficient (Wildman–Crippen LogP) is 4.44. The summed E-state index contributed by atoms with van der Waals surface area (Å²) < 4.78 is 35.7. The second kappa shape index (κ2) is 8.73. The number of urea groups is 1. The van der Waals surface area contributed by atoms with Gasteiger partial charge in [0.25, 0.3) is 0 Å². The first-order chi connectivity index (χ1) is 16.0. The van der Waals surface area contributed by atoms with Crippen LogP contribution in [0.1, 0.15) is 27.7 Å². The fraction of sp³-hybridized carbons (Fsp3) is 0.304. The molecule has 34 heavy (non-hydrogen) atoms. The van der Waals surface area contributed by atoms with E-state index in [9.17, 15) is 9.18 Å². The quantitative estimate of drug-likeness (QED) is 0.506. The van der Waals surface area contributed by atoms with Crippen LogP contribution in [-0.4, -0.2) is 39.2 Å². The zero-order valence-corrected chi connectivity index (χ0v) is 19.2. The van der Waals surface area contributed by atoms with Gasteiger partial charge in [-0.25, -0.2) is 28.5 Å². The van der Waals surface area contributed by atoms with Gasteiger partial charge in [-0.1, -0.05) is 0 Å². The summed E-state index contributed by atoms with van der Waals surface area (Å²) in [5, 5.41) is 5.26. The van der Waals surface area contributed by atoms with Gasteiger partial charge < -0.3 is 26.0 Å². The molecule has 0 saturated carbocycles. The van der Waals surface area contributed by atoms with Gasteiger partial charge in [0.05, 0.1) is 30.3 Å². The molecular formula is C23H25F2N7O2. The summed E-state index contributed by atoms with van der Waals surface area (Å²) in [6.45, 7) is 8.34. The van der Waals surface area contributed by atoms with Gasteiger partial charge in [-0.2, -0.15) is 0 Å². The summed E-state index contributed by atoms with van der Waals surface area (Å²) >= 11 is 0. The summed E-state index contributed by atoms with van der Waals surface area (Å²) in [7, 11) is 0. The van der Waals surface area contributed by atoms with Gasteiger partial charge in [-0.3, -0.25) is 0 Å². The zero-order chi connectivity index (χ0) is 24.6. The molecule has 178 valence electrons. The molecule has 2 aromatic heterocycles. The highest BCUT2D eigenvalue weighted by atomic mass is 19.1. The molecule has 1 aromatic carbocycles. The number of primary amides is 1. The monoisotopic (exact) mass is 469 g/mol. The number of fused-ring (bicyclic) bond motifs is 1. The normalized spacial score (nSPS) is 14.4. The number of carbonyl (C=O) groups excluding carboxylic acids is 1. The molecular weight excluding hydrogens is 444 g/mol. The molecule has 1 aliphatic heterocycles. The third-order valence-electron chi connectivity index (χ3n) is 5.17. The molecule has 1 aliphatic rings. The first-order valence-corrected chi connectivity index (χ1v) is 10.6. The first-order valence-electron chi connectivity index (χ1n) is 10.6. The molecule has 0 unspecified atom stereocenters. The number of aromatic nitrogens is 3. The van der Waals surface area contributed by atoms with E-state index in [4.69, 9.17) is 10.5 Å². The number of hydrogen-bond acceptors (Lipinski definition) is 7. The van der Waals surface area contributed by atoms with Crippen molar-refractivity contribution in [3.05, 3.63) is 48.3 Å². The zero-order valence-electron chi connectivity index (χ0n) is 19.2. The van der Waals surface area contributed by atoms with Gasteiger partial charge in [-0.05, 0) is 52.0 Å². The number of carbonyl (C=O) groups is 1. The number of hydrogen-bond donors (Lipinski definition) is 3. The number of amides is 2. The molecule has 11 heteroatoms. The Labute approximate surface area is 195 Å². The van der Waals surface area contributed by atoms with Gasteiger partial charge in [-0.15, -0.1) is 0 Å². The molecule has 0 saturated heterocycles. The minimum absolute atomic E-state index is 0.0655. The van der Waals surface area contributed by atoms with E-state index in [2.05, 4.69) is 25.6 Å². The molecule has 0 bridgehead atoms. The number of pyridine rings is 1. The summed E-state index contributed by atoms with van der Waals surface area (Å²) in [5.74, 6) is -0.749. The SMILES string of the molecule is CC(C)N1CC(C)(C)Oc2c(F)cc(-c3nc(Nc4ccc(NC(N)=O)cn4)ncc3F)cc21. The van der Waals surface area contributed by atoms with E-state index in [-0.39, 0.29) is 29.0 Å². The van der Waals surface area contributed by atoms with Crippen LogP contribution in [0.5, 0.6) is 5.75 Å².